The van der Waals surface area contributed by atoms with Gasteiger partial charge < -0.3 is 0 Å². The van der Waals surface area contributed by atoms with Gasteiger partial charge in [0.15, 0.2) is 0 Å². The number of rotatable bonds is 3. The molecule has 3 unspecified atom stereocenters. The highest BCUT2D eigenvalue weighted by Crippen LogP contribution is 2.47. The maximum Gasteiger partial charge on any atom is 0.512 e. The molecular formula is C12H10F9N3O3S2. The Morgan fingerprint density at radius 1 is 0.931 bits per heavy atom. The predicted molar refractivity (Wildman–Crippen MR) is 80.2 cm³/mol. The van der Waals surface area contributed by atoms with Crippen LogP contribution in [0.5, 0.6) is 0 Å². The van der Waals surface area contributed by atoms with Gasteiger partial charge in [-0.15, -0.1) is 4.13 Å². The number of alkyl halides is 9. The average molecular weight is 479 g/mol. The second kappa shape index (κ2) is 7.84. The van der Waals surface area contributed by atoms with Gasteiger partial charge in [-0.25, -0.2) is 18.5 Å². The van der Waals surface area contributed by atoms with Gasteiger partial charge >= 0.3 is 32.9 Å². The lowest BCUT2D eigenvalue weighted by molar-refractivity contribution is -0.221. The van der Waals surface area contributed by atoms with Crippen molar-refractivity contribution < 1.29 is 52.1 Å². The summed E-state index contributed by atoms with van der Waals surface area (Å²) in [5, 5.41) is 6.27. The van der Waals surface area contributed by atoms with Crippen LogP contribution in [0.15, 0.2) is 0 Å². The largest absolute Gasteiger partial charge is 0.512 e. The Kier molecular flexibility index (Phi) is 6.85. The number of halogens is 9. The maximum absolute atomic E-state index is 13.0. The molecule has 0 aliphatic heterocycles. The topological polar surface area (TPSA) is 91.4 Å². The van der Waals surface area contributed by atoms with E-state index >= 15 is 0 Å². The van der Waals surface area contributed by atoms with Crippen LogP contribution in [0, 0.1) is 29.7 Å². The van der Waals surface area contributed by atoms with Gasteiger partial charge in [0.1, 0.15) is 0 Å². The van der Waals surface area contributed by atoms with E-state index in [9.17, 15) is 52.1 Å². The van der Waals surface area contributed by atoms with Gasteiger partial charge in [-0.1, -0.05) is 0 Å². The number of sulfonamides is 1. The molecule has 0 spiro atoms. The lowest BCUT2D eigenvalue weighted by Gasteiger charge is -2.38. The van der Waals surface area contributed by atoms with Crippen molar-refractivity contribution in [3.05, 3.63) is 11.4 Å². The smallest absolute Gasteiger partial charge is 0.261 e. The summed E-state index contributed by atoms with van der Waals surface area (Å²) in [4.78, 5) is 0.489. The molecule has 0 heterocycles. The molecule has 1 saturated carbocycles. The Labute approximate surface area is 158 Å². The van der Waals surface area contributed by atoms with Crippen LogP contribution < -0.4 is 4.13 Å². The molecule has 6 nitrogen and oxygen atoms in total. The molecule has 0 bridgehead atoms. The second-order valence-electron chi connectivity index (χ2n) is 5.97. The number of nitriles is 1. The van der Waals surface area contributed by atoms with Gasteiger partial charge in [0.2, 0.25) is 0 Å². The zero-order valence-electron chi connectivity index (χ0n) is 13.7. The molecule has 166 valence electrons. The van der Waals surface area contributed by atoms with Gasteiger partial charge in [-0.2, -0.15) is 39.5 Å². The number of nitrogens with zero attached hydrogens (tertiary/aromatic N) is 2. The molecule has 1 N–H and O–H groups in total. The molecule has 0 amide bonds. The lowest BCUT2D eigenvalue weighted by Crippen LogP contribution is -2.51. The standard InChI is InChI=1S/C12H10F9N3O3S2/c1-23-9(5-22)28(25,24-29(26,27)12(19,20)21)8-3-6(10(13,14)15)2-7(4-8)11(16,17)18/h6-8H,2-4H2,(H,24,25). The van der Waals surface area contributed by atoms with Crippen molar-refractivity contribution in [1.29, 1.82) is 5.26 Å². The van der Waals surface area contributed by atoms with Crippen molar-refractivity contribution >= 4 is 24.7 Å². The number of hydrogen-bond acceptors (Lipinski definition) is 4. The molecule has 1 aliphatic rings. The quantitative estimate of drug-likeness (QED) is 0.383. The third-order valence-corrected chi connectivity index (χ3v) is 8.64. The first-order chi connectivity index (χ1) is 12.8. The molecule has 1 fully saturated rings. The van der Waals surface area contributed by atoms with Crippen LogP contribution in [0.1, 0.15) is 19.3 Å². The minimum Gasteiger partial charge on any atom is -0.261 e. The van der Waals surface area contributed by atoms with E-state index in [-0.39, 0.29) is 0 Å². The normalized spacial score (nSPS) is 26.1. The van der Waals surface area contributed by atoms with Crippen LogP contribution in [0.4, 0.5) is 39.5 Å². The Morgan fingerprint density at radius 2 is 1.34 bits per heavy atom. The lowest BCUT2D eigenvalue weighted by atomic mass is 9.80. The molecule has 0 aromatic heterocycles. The van der Waals surface area contributed by atoms with Crippen molar-refractivity contribution in [3.63, 3.8) is 0 Å². The summed E-state index contributed by atoms with van der Waals surface area (Å²) in [6.07, 6.45) is -15.0. The van der Waals surface area contributed by atoms with E-state index in [0.717, 1.165) is 6.07 Å². The van der Waals surface area contributed by atoms with E-state index < -0.39 is 78.9 Å². The molecule has 29 heavy (non-hydrogen) atoms. The van der Waals surface area contributed by atoms with Crippen LogP contribution in [-0.2, 0) is 19.7 Å². The van der Waals surface area contributed by atoms with E-state index in [4.69, 9.17) is 11.8 Å². The molecule has 1 aliphatic carbocycles. The van der Waals surface area contributed by atoms with E-state index in [2.05, 4.69) is 4.85 Å². The Bertz CT molecular complexity index is 907. The molecule has 0 aromatic rings. The summed E-state index contributed by atoms with van der Waals surface area (Å²) in [5.41, 5.74) is -6.15. The average Bonchev–Trinajstić information content (AvgIpc) is 2.52. The molecule has 0 saturated heterocycles. The fourth-order valence-corrected chi connectivity index (χ4v) is 6.84. The van der Waals surface area contributed by atoms with Gasteiger partial charge in [-0.3, -0.25) is 4.21 Å². The molecule has 0 radical (unpaired) electrons. The Balaban J connectivity index is 3.69. The maximum atomic E-state index is 13.0. The third-order valence-electron chi connectivity index (χ3n) is 4.08. The Hall–Kier alpha value is -1.72. The minimum absolute atomic E-state index is 0.492. The molecule has 3 atom stereocenters. The van der Waals surface area contributed by atoms with E-state index in [0.29, 0.717) is 4.13 Å². The first-order valence-corrected chi connectivity index (χ1v) is 10.3. The van der Waals surface area contributed by atoms with Gasteiger partial charge in [0.05, 0.1) is 34.2 Å². The number of nitrogens with one attached hydrogen (secondary N) is 1. The van der Waals surface area contributed by atoms with Crippen molar-refractivity contribution in [2.24, 2.45) is 11.8 Å². The van der Waals surface area contributed by atoms with Gasteiger partial charge in [-0.05, 0) is 19.3 Å². The van der Waals surface area contributed by atoms with Gasteiger partial charge in [0.25, 0.3) is 0 Å². The highest BCUT2D eigenvalue weighted by Gasteiger charge is 2.55. The Morgan fingerprint density at radius 3 is 1.62 bits per heavy atom. The monoisotopic (exact) mass is 479 g/mol. The fourth-order valence-electron chi connectivity index (χ4n) is 2.71. The number of hydrogen-bond donors (Lipinski definition) is 1. The van der Waals surface area contributed by atoms with Crippen molar-refractivity contribution in [2.45, 2.75) is 42.4 Å². The fraction of sp³-hybridized carbons (Fsp3) is 0.750. The summed E-state index contributed by atoms with van der Waals surface area (Å²) in [7, 11) is -11.9. The van der Waals surface area contributed by atoms with Crippen LogP contribution >= 0.6 is 0 Å². The van der Waals surface area contributed by atoms with Crippen molar-refractivity contribution in [3.8, 4) is 6.07 Å². The van der Waals surface area contributed by atoms with Crippen molar-refractivity contribution in [2.75, 3.05) is 0 Å². The van der Waals surface area contributed by atoms with Crippen LogP contribution in [0.3, 0.4) is 0 Å². The highest BCUT2D eigenvalue weighted by atomic mass is 32.3. The molecule has 0 aromatic carbocycles. The van der Waals surface area contributed by atoms with Crippen LogP contribution in [0.2, 0.25) is 0 Å². The first kappa shape index (κ1) is 25.3. The van der Waals surface area contributed by atoms with Gasteiger partial charge in [0, 0.05) is 5.25 Å². The van der Waals surface area contributed by atoms with Crippen molar-refractivity contribution in [1.82, 2.24) is 4.13 Å². The SMILES string of the molecule is [C-]#[N+]C(C#N)=S(=O)(NS(=O)(=O)C(F)(F)F)C1CC(C(F)(F)F)CC(C(F)(F)F)C1. The van der Waals surface area contributed by atoms with Crippen LogP contribution in [-0.4, -0.2) is 40.7 Å². The third kappa shape index (κ3) is 5.46. The predicted octanol–water partition coefficient (Wildman–Crippen LogP) is 3.11. The molecule has 17 heteroatoms. The second-order valence-corrected chi connectivity index (χ2v) is 10.4. The summed E-state index contributed by atoms with van der Waals surface area (Å²) in [6.45, 7) is 6.67. The summed E-state index contributed by atoms with van der Waals surface area (Å²) in [5.74, 6) is -5.59. The zero-order chi connectivity index (χ0) is 23.1. The molecule has 1 rings (SSSR count). The van der Waals surface area contributed by atoms with E-state index in [1.807, 2.05) is 0 Å². The first-order valence-electron chi connectivity index (χ1n) is 7.20. The van der Waals surface area contributed by atoms with E-state index in [1.165, 1.54) is 0 Å². The highest BCUT2D eigenvalue weighted by molar-refractivity contribution is 8.11. The summed E-state index contributed by atoms with van der Waals surface area (Å²) >= 11 is 0. The van der Waals surface area contributed by atoms with Crippen LogP contribution in [0.25, 0.3) is 4.85 Å². The van der Waals surface area contributed by atoms with E-state index in [1.54, 1.807) is 0 Å². The summed E-state index contributed by atoms with van der Waals surface area (Å²) in [6, 6.07) is 0.801. The summed E-state index contributed by atoms with van der Waals surface area (Å²) < 4.78 is 152. The molecular weight excluding hydrogens is 469 g/mol. The zero-order valence-corrected chi connectivity index (χ0v) is 15.3. The minimum atomic E-state index is -6.58.